The monoisotopic (exact) mass is 168 g/mol. The Morgan fingerprint density at radius 2 is 2.08 bits per heavy atom. The lowest BCUT2D eigenvalue weighted by molar-refractivity contribution is 0.199. The summed E-state index contributed by atoms with van der Waals surface area (Å²) in [6, 6.07) is 0. The molecule has 1 aromatic heterocycles. The van der Waals surface area contributed by atoms with Gasteiger partial charge in [-0.3, -0.25) is 4.68 Å². The molecular formula is C9H16N2O. The molecule has 0 aliphatic carbocycles. The van der Waals surface area contributed by atoms with Gasteiger partial charge in [-0.1, -0.05) is 0 Å². The first kappa shape index (κ1) is 9.26. The van der Waals surface area contributed by atoms with Crippen molar-refractivity contribution in [2.24, 2.45) is 0 Å². The molecule has 0 bridgehead atoms. The van der Waals surface area contributed by atoms with E-state index in [2.05, 4.69) is 25.9 Å². The summed E-state index contributed by atoms with van der Waals surface area (Å²) in [6.07, 6.45) is 3.15. The lowest BCUT2D eigenvalue weighted by Crippen LogP contribution is -2.21. The molecule has 0 fully saturated rings. The molecule has 0 saturated carbocycles. The molecule has 68 valence electrons. The van der Waals surface area contributed by atoms with Gasteiger partial charge in [0.25, 0.3) is 0 Å². The minimum atomic E-state index is -0.430. The van der Waals surface area contributed by atoms with Crippen molar-refractivity contribution in [3.8, 4) is 0 Å². The van der Waals surface area contributed by atoms with E-state index in [0.717, 1.165) is 5.56 Å². The first-order valence-electron chi connectivity index (χ1n) is 4.14. The molecule has 12 heavy (non-hydrogen) atoms. The third kappa shape index (κ3) is 1.85. The summed E-state index contributed by atoms with van der Waals surface area (Å²) in [4.78, 5) is 0. The molecule has 3 nitrogen and oxygen atoms in total. The van der Waals surface area contributed by atoms with Crippen LogP contribution in [-0.4, -0.2) is 14.9 Å². The van der Waals surface area contributed by atoms with Crippen molar-refractivity contribution in [1.29, 1.82) is 0 Å². The summed E-state index contributed by atoms with van der Waals surface area (Å²) in [5.74, 6) is 0. The molecule has 0 unspecified atom stereocenters. The van der Waals surface area contributed by atoms with E-state index in [4.69, 9.17) is 0 Å². The van der Waals surface area contributed by atoms with Crippen LogP contribution in [0.2, 0.25) is 0 Å². The van der Waals surface area contributed by atoms with E-state index in [9.17, 15) is 5.11 Å². The van der Waals surface area contributed by atoms with Crippen molar-refractivity contribution in [3.63, 3.8) is 0 Å². The number of aliphatic hydroxyl groups excluding tert-OH is 1. The molecular weight excluding hydrogens is 152 g/mol. The van der Waals surface area contributed by atoms with Gasteiger partial charge in [-0.25, -0.2) is 0 Å². The van der Waals surface area contributed by atoms with Crippen molar-refractivity contribution < 1.29 is 5.11 Å². The standard InChI is InChI=1S/C9H16N2O/c1-7(12)8-5-10-11(6-8)9(2,3)4/h5-7,12H,1-4H3/t7-/m0/s1. The van der Waals surface area contributed by atoms with E-state index in [0.29, 0.717) is 0 Å². The number of hydrogen-bond acceptors (Lipinski definition) is 2. The average Bonchev–Trinajstić information content (AvgIpc) is 2.30. The number of nitrogens with zero attached hydrogens (tertiary/aromatic N) is 2. The van der Waals surface area contributed by atoms with Gasteiger partial charge < -0.3 is 5.11 Å². The highest BCUT2D eigenvalue weighted by Crippen LogP contribution is 2.16. The van der Waals surface area contributed by atoms with Crippen LogP contribution in [0.5, 0.6) is 0 Å². The molecule has 0 amide bonds. The van der Waals surface area contributed by atoms with Gasteiger partial charge in [0.2, 0.25) is 0 Å². The van der Waals surface area contributed by atoms with E-state index in [1.165, 1.54) is 0 Å². The molecule has 0 spiro atoms. The quantitative estimate of drug-likeness (QED) is 0.693. The van der Waals surface area contributed by atoms with Gasteiger partial charge in [0.15, 0.2) is 0 Å². The molecule has 0 aliphatic heterocycles. The molecule has 1 aromatic rings. The molecule has 1 atom stereocenters. The molecule has 0 aliphatic rings. The minimum Gasteiger partial charge on any atom is -0.389 e. The molecule has 1 heterocycles. The zero-order valence-corrected chi connectivity index (χ0v) is 8.07. The molecule has 0 radical (unpaired) electrons. The largest absolute Gasteiger partial charge is 0.389 e. The van der Waals surface area contributed by atoms with Crippen LogP contribution in [0.3, 0.4) is 0 Å². The maximum absolute atomic E-state index is 9.25. The summed E-state index contributed by atoms with van der Waals surface area (Å²) in [7, 11) is 0. The van der Waals surface area contributed by atoms with E-state index in [1.807, 2.05) is 10.9 Å². The van der Waals surface area contributed by atoms with Gasteiger partial charge in [0.05, 0.1) is 17.8 Å². The predicted molar refractivity (Wildman–Crippen MR) is 47.9 cm³/mol. The first-order valence-corrected chi connectivity index (χ1v) is 4.14. The van der Waals surface area contributed by atoms with Crippen molar-refractivity contribution in [2.75, 3.05) is 0 Å². The van der Waals surface area contributed by atoms with E-state index in [-0.39, 0.29) is 5.54 Å². The normalized spacial score (nSPS) is 14.8. The number of rotatable bonds is 1. The second kappa shape index (κ2) is 2.90. The number of aromatic nitrogens is 2. The lowest BCUT2D eigenvalue weighted by Gasteiger charge is -2.18. The van der Waals surface area contributed by atoms with Crippen LogP contribution in [-0.2, 0) is 5.54 Å². The Labute approximate surface area is 73.0 Å². The molecule has 0 aromatic carbocycles. The molecule has 3 heteroatoms. The highest BCUT2D eigenvalue weighted by molar-refractivity contribution is 5.07. The van der Waals surface area contributed by atoms with Gasteiger partial charge >= 0.3 is 0 Å². The highest BCUT2D eigenvalue weighted by atomic mass is 16.3. The highest BCUT2D eigenvalue weighted by Gasteiger charge is 2.14. The lowest BCUT2D eigenvalue weighted by atomic mass is 10.1. The summed E-state index contributed by atoms with van der Waals surface area (Å²) < 4.78 is 1.86. The zero-order valence-electron chi connectivity index (χ0n) is 8.07. The second-order valence-electron chi connectivity index (χ2n) is 4.07. The Hall–Kier alpha value is -0.830. The van der Waals surface area contributed by atoms with Crippen molar-refractivity contribution >= 4 is 0 Å². The van der Waals surface area contributed by atoms with Crippen LogP contribution < -0.4 is 0 Å². The molecule has 1 rings (SSSR count). The van der Waals surface area contributed by atoms with Crippen molar-refractivity contribution in [2.45, 2.75) is 39.3 Å². The van der Waals surface area contributed by atoms with Crippen LogP contribution in [0.1, 0.15) is 39.4 Å². The third-order valence-corrected chi connectivity index (χ3v) is 1.77. The Kier molecular flexibility index (Phi) is 2.24. The summed E-state index contributed by atoms with van der Waals surface area (Å²) >= 11 is 0. The van der Waals surface area contributed by atoms with E-state index >= 15 is 0 Å². The second-order valence-corrected chi connectivity index (χ2v) is 4.07. The molecule has 0 saturated heterocycles. The smallest absolute Gasteiger partial charge is 0.0792 e. The third-order valence-electron chi connectivity index (χ3n) is 1.77. The van der Waals surface area contributed by atoms with Gasteiger partial charge in [-0.05, 0) is 27.7 Å². The summed E-state index contributed by atoms with van der Waals surface area (Å²) in [5.41, 5.74) is 0.859. The van der Waals surface area contributed by atoms with Gasteiger partial charge in [0, 0.05) is 11.8 Å². The zero-order chi connectivity index (χ0) is 9.35. The SMILES string of the molecule is C[C@H](O)c1cnn(C(C)(C)C)c1. The fourth-order valence-electron chi connectivity index (χ4n) is 0.919. The minimum absolute atomic E-state index is 0.00681. The van der Waals surface area contributed by atoms with Crippen LogP contribution in [0.4, 0.5) is 0 Å². The summed E-state index contributed by atoms with van der Waals surface area (Å²) in [6.45, 7) is 7.97. The van der Waals surface area contributed by atoms with Crippen molar-refractivity contribution in [3.05, 3.63) is 18.0 Å². The average molecular weight is 168 g/mol. The van der Waals surface area contributed by atoms with Crippen LogP contribution in [0, 0.1) is 0 Å². The number of hydrogen-bond donors (Lipinski definition) is 1. The molecule has 1 N–H and O–H groups in total. The Bertz CT molecular complexity index is 258. The van der Waals surface area contributed by atoms with E-state index in [1.54, 1.807) is 13.1 Å². The topological polar surface area (TPSA) is 38.1 Å². The van der Waals surface area contributed by atoms with E-state index < -0.39 is 6.10 Å². The number of aliphatic hydroxyl groups is 1. The fraction of sp³-hybridized carbons (Fsp3) is 0.667. The van der Waals surface area contributed by atoms with Gasteiger partial charge in [-0.2, -0.15) is 5.10 Å². The van der Waals surface area contributed by atoms with Crippen LogP contribution in [0.25, 0.3) is 0 Å². The van der Waals surface area contributed by atoms with Crippen molar-refractivity contribution in [1.82, 2.24) is 9.78 Å². The van der Waals surface area contributed by atoms with Gasteiger partial charge in [0.1, 0.15) is 0 Å². The first-order chi connectivity index (χ1) is 5.41. The predicted octanol–water partition coefficient (Wildman–Crippen LogP) is 1.69. The maximum Gasteiger partial charge on any atom is 0.0792 e. The van der Waals surface area contributed by atoms with Crippen LogP contribution in [0.15, 0.2) is 12.4 Å². The Morgan fingerprint density at radius 3 is 2.33 bits per heavy atom. The van der Waals surface area contributed by atoms with Crippen LogP contribution >= 0.6 is 0 Å². The fourth-order valence-corrected chi connectivity index (χ4v) is 0.919. The Balaban J connectivity index is 2.92. The summed E-state index contributed by atoms with van der Waals surface area (Å²) in [5, 5.41) is 13.4. The maximum atomic E-state index is 9.25. The van der Waals surface area contributed by atoms with Gasteiger partial charge in [-0.15, -0.1) is 0 Å². The Morgan fingerprint density at radius 1 is 1.50 bits per heavy atom.